The van der Waals surface area contributed by atoms with Crippen molar-refractivity contribution in [3.8, 4) is 5.75 Å². The van der Waals surface area contributed by atoms with E-state index in [1.807, 2.05) is 6.08 Å². The first-order valence-electron chi connectivity index (χ1n) is 3.69. The lowest BCUT2D eigenvalue weighted by Crippen LogP contribution is -1.71. The van der Waals surface area contributed by atoms with E-state index in [4.69, 9.17) is 5.11 Å². The Bertz CT molecular complexity index is 319. The Labute approximate surface area is 80.6 Å². The molecule has 0 saturated heterocycles. The van der Waals surface area contributed by atoms with Crippen LogP contribution in [0.25, 0.3) is 6.08 Å². The van der Waals surface area contributed by atoms with Crippen molar-refractivity contribution in [3.05, 3.63) is 39.6 Å². The SMILES string of the molecule is C/C(=C/c1ccc(O)cc1)SN=O. The standard InChI is InChI=1S/C9H9NO2S/c1-7(13-10-12)6-8-2-4-9(11)5-3-8/h2-6,11H,1H3/b7-6-. The Balaban J connectivity index is 2.78. The normalized spacial score (nSPS) is 11.3. The zero-order valence-electron chi connectivity index (χ0n) is 7.10. The van der Waals surface area contributed by atoms with Crippen LogP contribution in [0.2, 0.25) is 0 Å². The average Bonchev–Trinajstić information content (AvgIpc) is 2.09. The summed E-state index contributed by atoms with van der Waals surface area (Å²) in [5, 5.41) is 9.00. The van der Waals surface area contributed by atoms with E-state index < -0.39 is 0 Å². The van der Waals surface area contributed by atoms with Gasteiger partial charge in [0.05, 0.1) is 11.9 Å². The molecule has 0 aliphatic rings. The molecule has 0 aliphatic carbocycles. The van der Waals surface area contributed by atoms with Crippen molar-refractivity contribution in [2.45, 2.75) is 6.92 Å². The Morgan fingerprint density at radius 1 is 1.46 bits per heavy atom. The minimum atomic E-state index is 0.232. The third-order valence-corrected chi connectivity index (χ3v) is 1.92. The number of benzene rings is 1. The second-order valence-corrected chi connectivity index (χ2v) is 3.49. The van der Waals surface area contributed by atoms with Crippen LogP contribution in [0.15, 0.2) is 33.8 Å². The highest BCUT2D eigenvalue weighted by Gasteiger charge is 1.92. The first kappa shape index (κ1) is 9.80. The molecule has 13 heavy (non-hydrogen) atoms. The maximum absolute atomic E-state index is 9.89. The highest BCUT2D eigenvalue weighted by atomic mass is 32.2. The van der Waals surface area contributed by atoms with Gasteiger partial charge in [-0.3, -0.25) is 0 Å². The summed E-state index contributed by atoms with van der Waals surface area (Å²) in [4.78, 5) is 10.7. The van der Waals surface area contributed by atoms with Gasteiger partial charge >= 0.3 is 0 Å². The minimum absolute atomic E-state index is 0.232. The van der Waals surface area contributed by atoms with Crippen LogP contribution in [-0.4, -0.2) is 5.11 Å². The molecule has 0 saturated carbocycles. The summed E-state index contributed by atoms with van der Waals surface area (Å²) in [7, 11) is 0. The Morgan fingerprint density at radius 3 is 2.62 bits per heavy atom. The lowest BCUT2D eigenvalue weighted by atomic mass is 10.2. The number of hydrogen-bond acceptors (Lipinski definition) is 4. The van der Waals surface area contributed by atoms with Gasteiger partial charge in [-0.05, 0) is 30.7 Å². The van der Waals surface area contributed by atoms with Crippen LogP contribution in [0.1, 0.15) is 12.5 Å². The van der Waals surface area contributed by atoms with Gasteiger partial charge in [0.15, 0.2) is 0 Å². The summed E-state index contributed by atoms with van der Waals surface area (Å²) < 4.78 is 2.70. The second kappa shape index (κ2) is 4.67. The van der Waals surface area contributed by atoms with Gasteiger partial charge in [-0.25, -0.2) is 0 Å². The summed E-state index contributed by atoms with van der Waals surface area (Å²) in [6.07, 6.45) is 1.82. The van der Waals surface area contributed by atoms with E-state index in [9.17, 15) is 4.91 Å². The maximum Gasteiger partial charge on any atom is 0.115 e. The van der Waals surface area contributed by atoms with Gasteiger partial charge in [-0.15, -0.1) is 4.91 Å². The Hall–Kier alpha value is -1.29. The van der Waals surface area contributed by atoms with Gasteiger partial charge in [0.2, 0.25) is 0 Å². The van der Waals surface area contributed by atoms with Crippen molar-refractivity contribution in [1.82, 2.24) is 0 Å². The molecule has 0 bridgehead atoms. The molecule has 0 amide bonds. The number of aromatic hydroxyl groups is 1. The van der Waals surface area contributed by atoms with E-state index >= 15 is 0 Å². The predicted octanol–water partition coefficient (Wildman–Crippen LogP) is 3.17. The van der Waals surface area contributed by atoms with Crippen LogP contribution in [-0.2, 0) is 0 Å². The molecular formula is C9H9NO2S. The number of nitrogens with zero attached hydrogens (tertiary/aromatic N) is 1. The molecule has 0 atom stereocenters. The molecule has 4 heteroatoms. The van der Waals surface area contributed by atoms with E-state index in [2.05, 4.69) is 4.58 Å². The fraction of sp³-hybridized carbons (Fsp3) is 0.111. The van der Waals surface area contributed by atoms with Crippen molar-refractivity contribution in [2.75, 3.05) is 0 Å². The monoisotopic (exact) mass is 195 g/mol. The lowest BCUT2D eigenvalue weighted by Gasteiger charge is -1.95. The molecule has 1 rings (SSSR count). The molecule has 0 unspecified atom stereocenters. The van der Waals surface area contributed by atoms with E-state index in [-0.39, 0.29) is 5.75 Å². The van der Waals surface area contributed by atoms with E-state index in [1.54, 1.807) is 31.2 Å². The van der Waals surface area contributed by atoms with Gasteiger partial charge in [0, 0.05) is 9.49 Å². The van der Waals surface area contributed by atoms with Gasteiger partial charge in [-0.1, -0.05) is 12.1 Å². The molecule has 3 nitrogen and oxygen atoms in total. The van der Waals surface area contributed by atoms with Crippen molar-refractivity contribution >= 4 is 18.0 Å². The van der Waals surface area contributed by atoms with Crippen molar-refractivity contribution < 1.29 is 5.11 Å². The van der Waals surface area contributed by atoms with Crippen LogP contribution < -0.4 is 0 Å². The summed E-state index contributed by atoms with van der Waals surface area (Å²) >= 11 is 0.898. The van der Waals surface area contributed by atoms with E-state index in [1.165, 1.54) is 0 Å². The Kier molecular flexibility index (Phi) is 3.52. The zero-order chi connectivity index (χ0) is 9.68. The molecule has 68 valence electrons. The molecular weight excluding hydrogens is 186 g/mol. The van der Waals surface area contributed by atoms with Crippen LogP contribution in [0, 0.1) is 4.91 Å². The largest absolute Gasteiger partial charge is 0.508 e. The third-order valence-electron chi connectivity index (χ3n) is 1.44. The maximum atomic E-state index is 9.89. The fourth-order valence-corrected chi connectivity index (χ4v) is 1.20. The van der Waals surface area contributed by atoms with Crippen molar-refractivity contribution in [2.24, 2.45) is 4.58 Å². The smallest absolute Gasteiger partial charge is 0.115 e. The first-order valence-corrected chi connectivity index (χ1v) is 4.46. The van der Waals surface area contributed by atoms with Gasteiger partial charge < -0.3 is 5.11 Å². The van der Waals surface area contributed by atoms with Crippen LogP contribution in [0.4, 0.5) is 0 Å². The topological polar surface area (TPSA) is 49.7 Å². The molecule has 0 fully saturated rings. The molecule has 0 spiro atoms. The number of phenolic OH excluding ortho intramolecular Hbond substituents is 1. The van der Waals surface area contributed by atoms with Crippen molar-refractivity contribution in [1.29, 1.82) is 0 Å². The summed E-state index contributed by atoms with van der Waals surface area (Å²) in [5.41, 5.74) is 0.937. The van der Waals surface area contributed by atoms with E-state index in [0.717, 1.165) is 22.4 Å². The quantitative estimate of drug-likeness (QED) is 0.595. The zero-order valence-corrected chi connectivity index (χ0v) is 7.91. The molecule has 1 aromatic rings. The highest BCUT2D eigenvalue weighted by molar-refractivity contribution is 8.01. The van der Waals surface area contributed by atoms with Crippen LogP contribution in [0.3, 0.4) is 0 Å². The summed E-state index contributed by atoms with van der Waals surface area (Å²) in [6, 6.07) is 6.73. The average molecular weight is 195 g/mol. The number of phenols is 1. The predicted molar refractivity (Wildman–Crippen MR) is 55.1 cm³/mol. The molecule has 0 aliphatic heterocycles. The summed E-state index contributed by atoms with van der Waals surface area (Å²) in [6.45, 7) is 1.80. The highest BCUT2D eigenvalue weighted by Crippen LogP contribution is 2.19. The van der Waals surface area contributed by atoms with Crippen LogP contribution >= 0.6 is 11.9 Å². The third kappa shape index (κ3) is 3.29. The minimum Gasteiger partial charge on any atom is -0.508 e. The molecule has 0 aromatic heterocycles. The number of allylic oxidation sites excluding steroid dienone is 1. The van der Waals surface area contributed by atoms with E-state index in [0.29, 0.717) is 0 Å². The second-order valence-electron chi connectivity index (χ2n) is 2.51. The lowest BCUT2D eigenvalue weighted by molar-refractivity contribution is 0.475. The van der Waals surface area contributed by atoms with Gasteiger partial charge in [-0.2, -0.15) is 0 Å². The molecule has 0 radical (unpaired) electrons. The summed E-state index contributed by atoms with van der Waals surface area (Å²) in [5.74, 6) is 0.232. The Morgan fingerprint density at radius 2 is 2.08 bits per heavy atom. The molecule has 1 aromatic carbocycles. The molecule has 0 heterocycles. The molecule has 1 N–H and O–H groups in total. The van der Waals surface area contributed by atoms with Gasteiger partial charge in [0.1, 0.15) is 5.75 Å². The van der Waals surface area contributed by atoms with Gasteiger partial charge in [0.25, 0.3) is 0 Å². The first-order chi connectivity index (χ1) is 6.22. The van der Waals surface area contributed by atoms with Crippen LogP contribution in [0.5, 0.6) is 5.75 Å². The van der Waals surface area contributed by atoms with Crippen molar-refractivity contribution in [3.63, 3.8) is 0 Å². The number of hydrogen-bond donors (Lipinski definition) is 1. The number of nitroso groups, excluding NO2 is 1. The fourth-order valence-electron chi connectivity index (χ4n) is 0.890. The number of rotatable bonds is 3.